The van der Waals surface area contributed by atoms with E-state index in [0.29, 0.717) is 29.2 Å². The Morgan fingerprint density at radius 2 is 1.97 bits per heavy atom. The summed E-state index contributed by atoms with van der Waals surface area (Å²) in [4.78, 5) is 42.6. The van der Waals surface area contributed by atoms with E-state index >= 15 is 0 Å². The Hall–Kier alpha value is -3.53. The molecule has 0 unspecified atom stereocenters. The fourth-order valence-corrected chi connectivity index (χ4v) is 5.90. The lowest BCUT2D eigenvalue weighted by atomic mass is 9.82. The average molecular weight is 533 g/mol. The molecule has 206 valence electrons. The van der Waals surface area contributed by atoms with Crippen molar-refractivity contribution in [3.63, 3.8) is 0 Å². The third-order valence-corrected chi connectivity index (χ3v) is 8.12. The molecule has 2 fully saturated rings. The molecule has 5 rings (SSSR count). The van der Waals surface area contributed by atoms with Crippen molar-refractivity contribution in [2.75, 3.05) is 29.9 Å². The normalized spacial score (nSPS) is 25.4. The zero-order valence-corrected chi connectivity index (χ0v) is 22.2. The fourth-order valence-electron chi connectivity index (χ4n) is 5.90. The van der Waals surface area contributed by atoms with E-state index in [1.165, 1.54) is 4.90 Å². The number of nitrogens with one attached hydrogen (secondary N) is 2. The molecular weight excluding hydrogens is 496 g/mol. The molecule has 3 amide bonds. The van der Waals surface area contributed by atoms with Crippen LogP contribution in [0.3, 0.4) is 0 Å². The molecule has 2 aromatic carbocycles. The number of aliphatic hydroxyl groups is 2. The van der Waals surface area contributed by atoms with Crippen LogP contribution in [0.25, 0.3) is 0 Å². The van der Waals surface area contributed by atoms with E-state index in [0.717, 1.165) is 32.2 Å². The van der Waals surface area contributed by atoms with Crippen molar-refractivity contribution in [1.82, 2.24) is 10.2 Å². The molecule has 9 heteroatoms. The predicted octanol–water partition coefficient (Wildman–Crippen LogP) is 2.81. The number of aliphatic hydroxyl groups excluding tert-OH is 1. The predicted molar refractivity (Wildman–Crippen MR) is 148 cm³/mol. The Kier molecular flexibility index (Phi) is 7.83. The number of carbonyl (C=O) groups is 3. The summed E-state index contributed by atoms with van der Waals surface area (Å²) in [7, 11) is 0. The highest BCUT2D eigenvalue weighted by Gasteiger charge is 2.53. The summed E-state index contributed by atoms with van der Waals surface area (Å²) >= 11 is 0. The molecule has 0 radical (unpaired) electrons. The van der Waals surface area contributed by atoms with Crippen LogP contribution in [0.5, 0.6) is 0 Å². The minimum absolute atomic E-state index is 0.0537. The van der Waals surface area contributed by atoms with Crippen LogP contribution in [0.15, 0.2) is 60.7 Å². The topological polar surface area (TPSA) is 122 Å². The SMILES string of the molecule is C[C@@H](/C=C/CC(=O)N1CCC[C@H]1CO)[C@]1(O)C(=O)N(c2ccccc2)c2ccc(NC(=O)[C@H]3CCCN3)cc21. The number of carbonyl (C=O) groups excluding carboxylic acids is 3. The lowest BCUT2D eigenvalue weighted by Crippen LogP contribution is -2.43. The van der Waals surface area contributed by atoms with Crippen molar-refractivity contribution in [2.45, 2.75) is 56.7 Å². The maximum Gasteiger partial charge on any atom is 0.268 e. The van der Waals surface area contributed by atoms with Crippen LogP contribution >= 0.6 is 0 Å². The van der Waals surface area contributed by atoms with Gasteiger partial charge in [0.1, 0.15) is 0 Å². The van der Waals surface area contributed by atoms with E-state index < -0.39 is 17.4 Å². The molecule has 4 N–H and O–H groups in total. The zero-order chi connectivity index (χ0) is 27.6. The molecular formula is C30H36N4O5. The van der Waals surface area contributed by atoms with Gasteiger partial charge in [0, 0.05) is 35.8 Å². The Bertz CT molecular complexity index is 1260. The minimum atomic E-state index is -1.90. The largest absolute Gasteiger partial charge is 0.394 e. The maximum atomic E-state index is 13.9. The standard InChI is InChI=1S/C30H36N4O5/c1-20(8-5-13-27(36)33-17-7-11-23(33)19-35)30(39)24-18-21(32-28(37)25-12-6-16-31-25)14-15-26(24)34(29(30)38)22-9-3-2-4-10-22/h2-5,8-10,14-15,18,20,23,25,31,35,39H,6-7,11-13,16-17,19H2,1H3,(H,32,37)/b8-5+/t20-,23-,25+,30+/m0/s1. The summed E-state index contributed by atoms with van der Waals surface area (Å²) in [5, 5.41) is 27.7. The Morgan fingerprint density at radius 3 is 2.69 bits per heavy atom. The molecule has 2 saturated heterocycles. The molecule has 9 nitrogen and oxygen atoms in total. The second-order valence-corrected chi connectivity index (χ2v) is 10.6. The first kappa shape index (κ1) is 27.1. The molecule has 0 spiro atoms. The number of nitrogens with zero attached hydrogens (tertiary/aromatic N) is 2. The zero-order valence-electron chi connectivity index (χ0n) is 22.2. The third-order valence-electron chi connectivity index (χ3n) is 8.12. The lowest BCUT2D eigenvalue weighted by Gasteiger charge is -2.28. The number of anilines is 3. The maximum absolute atomic E-state index is 13.9. The fraction of sp³-hybridized carbons (Fsp3) is 0.433. The molecule has 0 aromatic heterocycles. The van der Waals surface area contributed by atoms with Gasteiger partial charge in [0.25, 0.3) is 5.91 Å². The summed E-state index contributed by atoms with van der Waals surface area (Å²) in [5.41, 5.74) is 0.172. The number of hydrogen-bond acceptors (Lipinski definition) is 6. The van der Waals surface area contributed by atoms with E-state index in [-0.39, 0.29) is 36.9 Å². The van der Waals surface area contributed by atoms with E-state index in [4.69, 9.17) is 0 Å². The molecule has 4 atom stereocenters. The number of rotatable bonds is 8. The molecule has 3 aliphatic heterocycles. The summed E-state index contributed by atoms with van der Waals surface area (Å²) < 4.78 is 0. The van der Waals surface area contributed by atoms with Gasteiger partial charge in [-0.15, -0.1) is 0 Å². The number of amides is 3. The molecule has 3 aliphatic rings. The van der Waals surface area contributed by atoms with Gasteiger partial charge in [-0.3, -0.25) is 19.3 Å². The van der Waals surface area contributed by atoms with E-state index in [2.05, 4.69) is 10.6 Å². The van der Waals surface area contributed by atoms with Gasteiger partial charge in [0.05, 0.1) is 24.4 Å². The Balaban J connectivity index is 1.42. The molecule has 3 heterocycles. The third kappa shape index (κ3) is 5.09. The number of likely N-dealkylation sites (tertiary alicyclic amines) is 1. The second-order valence-electron chi connectivity index (χ2n) is 10.6. The number of para-hydroxylation sites is 1. The summed E-state index contributed by atoms with van der Waals surface area (Å²) in [5.74, 6) is -1.39. The van der Waals surface area contributed by atoms with Crippen LogP contribution < -0.4 is 15.5 Å². The van der Waals surface area contributed by atoms with E-state index in [1.54, 1.807) is 42.2 Å². The highest BCUT2D eigenvalue weighted by molar-refractivity contribution is 6.12. The van der Waals surface area contributed by atoms with Gasteiger partial charge in [-0.05, 0) is 62.6 Å². The second kappa shape index (κ2) is 11.3. The van der Waals surface area contributed by atoms with Gasteiger partial charge in [-0.2, -0.15) is 0 Å². The van der Waals surface area contributed by atoms with Gasteiger partial charge in [-0.1, -0.05) is 37.3 Å². The summed E-state index contributed by atoms with van der Waals surface area (Å²) in [6.07, 6.45) is 6.86. The Labute approximate surface area is 228 Å². The van der Waals surface area contributed by atoms with Crippen molar-refractivity contribution < 1.29 is 24.6 Å². The minimum Gasteiger partial charge on any atom is -0.394 e. The number of fused-ring (bicyclic) bond motifs is 1. The first-order valence-electron chi connectivity index (χ1n) is 13.7. The monoisotopic (exact) mass is 532 g/mol. The van der Waals surface area contributed by atoms with E-state index in [1.807, 2.05) is 30.3 Å². The van der Waals surface area contributed by atoms with Crippen LogP contribution in [0.2, 0.25) is 0 Å². The molecule has 0 saturated carbocycles. The quantitative estimate of drug-likeness (QED) is 0.388. The van der Waals surface area contributed by atoms with Crippen LogP contribution in [-0.2, 0) is 20.0 Å². The van der Waals surface area contributed by atoms with Crippen molar-refractivity contribution in [1.29, 1.82) is 0 Å². The molecule has 39 heavy (non-hydrogen) atoms. The van der Waals surface area contributed by atoms with E-state index in [9.17, 15) is 24.6 Å². The molecule has 0 bridgehead atoms. The molecule has 0 aliphatic carbocycles. The lowest BCUT2D eigenvalue weighted by molar-refractivity contribution is -0.138. The van der Waals surface area contributed by atoms with Crippen LogP contribution in [-0.4, -0.2) is 64.6 Å². The molecule has 2 aromatic rings. The van der Waals surface area contributed by atoms with Crippen molar-refractivity contribution in [3.8, 4) is 0 Å². The van der Waals surface area contributed by atoms with Crippen LogP contribution in [0.1, 0.15) is 44.6 Å². The first-order chi connectivity index (χ1) is 18.8. The van der Waals surface area contributed by atoms with Gasteiger partial charge < -0.3 is 25.7 Å². The van der Waals surface area contributed by atoms with Crippen LogP contribution in [0, 0.1) is 5.92 Å². The van der Waals surface area contributed by atoms with Crippen LogP contribution in [0.4, 0.5) is 17.1 Å². The van der Waals surface area contributed by atoms with Gasteiger partial charge >= 0.3 is 0 Å². The van der Waals surface area contributed by atoms with Gasteiger partial charge in [-0.25, -0.2) is 0 Å². The summed E-state index contributed by atoms with van der Waals surface area (Å²) in [6, 6.07) is 13.9. The first-order valence-corrected chi connectivity index (χ1v) is 13.7. The highest BCUT2D eigenvalue weighted by Crippen LogP contribution is 2.49. The van der Waals surface area contributed by atoms with Gasteiger partial charge in [0.15, 0.2) is 5.60 Å². The number of hydrogen-bond donors (Lipinski definition) is 4. The van der Waals surface area contributed by atoms with Crippen molar-refractivity contribution in [3.05, 3.63) is 66.2 Å². The highest BCUT2D eigenvalue weighted by atomic mass is 16.3. The Morgan fingerprint density at radius 1 is 1.18 bits per heavy atom. The van der Waals surface area contributed by atoms with Crippen molar-refractivity contribution in [2.24, 2.45) is 5.92 Å². The number of benzene rings is 2. The summed E-state index contributed by atoms with van der Waals surface area (Å²) in [6.45, 7) is 3.12. The average Bonchev–Trinajstić information content (AvgIpc) is 3.70. The smallest absolute Gasteiger partial charge is 0.268 e. The van der Waals surface area contributed by atoms with Crippen molar-refractivity contribution >= 4 is 34.8 Å². The van der Waals surface area contributed by atoms with Gasteiger partial charge in [0.2, 0.25) is 11.8 Å².